The second-order valence-electron chi connectivity index (χ2n) is 5.18. The van der Waals surface area contributed by atoms with Crippen LogP contribution in [0.3, 0.4) is 0 Å². The van der Waals surface area contributed by atoms with Crippen molar-refractivity contribution in [1.82, 2.24) is 5.32 Å². The maximum absolute atomic E-state index is 14.7. The zero-order valence-corrected chi connectivity index (χ0v) is 10.7. The van der Waals surface area contributed by atoms with Crippen molar-refractivity contribution >= 4 is 17.9 Å². The molecular formula is C12H15FN4O3. The number of fused-ring (bicyclic) bond motifs is 1. The van der Waals surface area contributed by atoms with Gasteiger partial charge in [-0.1, -0.05) is 0 Å². The number of nitrogens with zero attached hydrogens (tertiary/aromatic N) is 2. The molecule has 1 saturated heterocycles. The number of aliphatic hydroxyl groups is 2. The molecule has 4 N–H and O–H groups in total. The Hall–Kier alpha value is -1.64. The van der Waals surface area contributed by atoms with Crippen molar-refractivity contribution in [2.24, 2.45) is 9.98 Å². The Labute approximate surface area is 114 Å². The molecular weight excluding hydrogens is 267 g/mol. The van der Waals surface area contributed by atoms with Gasteiger partial charge in [0.15, 0.2) is 11.5 Å². The lowest BCUT2D eigenvalue weighted by Gasteiger charge is -2.29. The number of aliphatic hydroxyl groups excluding tert-OH is 2. The van der Waals surface area contributed by atoms with Crippen LogP contribution in [-0.4, -0.2) is 64.7 Å². The van der Waals surface area contributed by atoms with Gasteiger partial charge in [0.25, 0.3) is 0 Å². The molecule has 3 heterocycles. The van der Waals surface area contributed by atoms with E-state index >= 15 is 0 Å². The minimum atomic E-state index is -2.04. The molecule has 0 aliphatic carbocycles. The van der Waals surface area contributed by atoms with E-state index in [9.17, 15) is 9.50 Å². The quantitative estimate of drug-likeness (QED) is 0.529. The number of nitrogens with one attached hydrogen (secondary N) is 2. The monoisotopic (exact) mass is 282 g/mol. The number of amidine groups is 1. The first-order valence-electron chi connectivity index (χ1n) is 6.25. The molecule has 3 rings (SSSR count). The Balaban J connectivity index is 1.88. The Morgan fingerprint density at radius 2 is 2.35 bits per heavy atom. The zero-order chi connectivity index (χ0) is 14.5. The van der Waals surface area contributed by atoms with Gasteiger partial charge in [0, 0.05) is 11.8 Å². The second kappa shape index (κ2) is 4.44. The number of alkyl halides is 1. The zero-order valence-electron chi connectivity index (χ0n) is 10.7. The third kappa shape index (κ3) is 1.72. The van der Waals surface area contributed by atoms with Gasteiger partial charge in [-0.15, -0.1) is 0 Å². The minimum absolute atomic E-state index is 0.0119. The first-order valence-corrected chi connectivity index (χ1v) is 6.25. The predicted molar refractivity (Wildman–Crippen MR) is 69.9 cm³/mol. The minimum Gasteiger partial charge on any atom is -0.394 e. The van der Waals surface area contributed by atoms with E-state index in [-0.39, 0.29) is 5.84 Å². The van der Waals surface area contributed by atoms with Crippen LogP contribution in [0.4, 0.5) is 4.39 Å². The molecule has 0 saturated carbocycles. The van der Waals surface area contributed by atoms with Crippen LogP contribution in [-0.2, 0) is 4.74 Å². The highest BCUT2D eigenvalue weighted by molar-refractivity contribution is 6.46. The summed E-state index contributed by atoms with van der Waals surface area (Å²) >= 11 is 0. The summed E-state index contributed by atoms with van der Waals surface area (Å²) < 4.78 is 20.2. The number of halogens is 1. The summed E-state index contributed by atoms with van der Waals surface area (Å²) in [6.07, 6.45) is -0.635. The molecule has 5 unspecified atom stereocenters. The topological polar surface area (TPSA) is 110 Å². The maximum Gasteiger partial charge on any atom is 0.170 e. The van der Waals surface area contributed by atoms with Crippen molar-refractivity contribution in [3.05, 3.63) is 11.8 Å². The largest absolute Gasteiger partial charge is 0.394 e. The van der Waals surface area contributed by atoms with Crippen LogP contribution < -0.4 is 5.32 Å². The number of rotatable bonds is 2. The highest BCUT2D eigenvalue weighted by atomic mass is 19.1. The molecule has 5 atom stereocenters. The van der Waals surface area contributed by atoms with E-state index < -0.39 is 36.6 Å². The molecule has 1 fully saturated rings. The Morgan fingerprint density at radius 1 is 1.60 bits per heavy atom. The van der Waals surface area contributed by atoms with Gasteiger partial charge in [-0.3, -0.25) is 10.4 Å². The maximum atomic E-state index is 14.7. The van der Waals surface area contributed by atoms with Crippen LogP contribution in [0.25, 0.3) is 0 Å². The molecule has 0 amide bonds. The number of hydrogen-bond donors (Lipinski definition) is 4. The number of aliphatic imine (C=N–C) groups is 2. The fraction of sp³-hybridized carbons (Fsp3) is 0.583. The normalized spacial score (nSPS) is 43.1. The molecule has 108 valence electrons. The third-order valence-electron chi connectivity index (χ3n) is 3.87. The summed E-state index contributed by atoms with van der Waals surface area (Å²) in [5, 5.41) is 29.6. The van der Waals surface area contributed by atoms with E-state index in [0.29, 0.717) is 11.3 Å². The average Bonchev–Trinajstić information content (AvgIpc) is 2.92. The first kappa shape index (κ1) is 13.3. The van der Waals surface area contributed by atoms with E-state index in [2.05, 4.69) is 15.3 Å². The summed E-state index contributed by atoms with van der Waals surface area (Å²) in [4.78, 5) is 7.84. The lowest BCUT2D eigenvalue weighted by molar-refractivity contribution is -0.0149. The molecule has 0 radical (unpaired) electrons. The summed E-state index contributed by atoms with van der Waals surface area (Å²) in [5.74, 6) is 0.0119. The molecule has 0 aromatic rings. The third-order valence-corrected chi connectivity index (χ3v) is 3.87. The molecule has 20 heavy (non-hydrogen) atoms. The van der Waals surface area contributed by atoms with Gasteiger partial charge in [0.2, 0.25) is 0 Å². The molecule has 7 nitrogen and oxygen atoms in total. The van der Waals surface area contributed by atoms with E-state index in [4.69, 9.17) is 15.3 Å². The van der Waals surface area contributed by atoms with Crippen molar-refractivity contribution < 1.29 is 19.3 Å². The van der Waals surface area contributed by atoms with Crippen LogP contribution in [0.15, 0.2) is 21.8 Å². The van der Waals surface area contributed by atoms with Gasteiger partial charge in [-0.2, -0.15) is 0 Å². The van der Waals surface area contributed by atoms with E-state index in [1.165, 1.54) is 19.5 Å². The standard InChI is InChI=1S/C12H15FN4O3/c1-12(13)9(19)6(3-18)20-10(12)5-2-15-8-7(5)16-4-17-11(8)14/h2,4,6-7,9-10,18-19H,3H2,1H3,(H2,14,16,17). The van der Waals surface area contributed by atoms with Crippen LogP contribution in [0.5, 0.6) is 0 Å². The fourth-order valence-electron chi connectivity index (χ4n) is 2.73. The first-order chi connectivity index (χ1) is 9.46. The van der Waals surface area contributed by atoms with Gasteiger partial charge in [0.1, 0.15) is 24.0 Å². The molecule has 0 aromatic heterocycles. The van der Waals surface area contributed by atoms with Gasteiger partial charge < -0.3 is 20.3 Å². The molecule has 0 bridgehead atoms. The molecule has 0 aromatic carbocycles. The molecule has 3 aliphatic rings. The summed E-state index contributed by atoms with van der Waals surface area (Å²) in [7, 11) is 0. The van der Waals surface area contributed by atoms with E-state index in [1.54, 1.807) is 0 Å². The highest BCUT2D eigenvalue weighted by Gasteiger charge is 2.56. The Morgan fingerprint density at radius 3 is 3.00 bits per heavy atom. The van der Waals surface area contributed by atoms with Gasteiger partial charge in [-0.05, 0) is 6.92 Å². The van der Waals surface area contributed by atoms with Crippen molar-refractivity contribution in [1.29, 1.82) is 5.41 Å². The molecule has 0 spiro atoms. The van der Waals surface area contributed by atoms with Crippen LogP contribution in [0.2, 0.25) is 0 Å². The van der Waals surface area contributed by atoms with Crippen molar-refractivity contribution in [2.45, 2.75) is 36.9 Å². The molecule has 3 aliphatic heterocycles. The van der Waals surface area contributed by atoms with Crippen molar-refractivity contribution in [3.8, 4) is 0 Å². The SMILES string of the molecule is CC1(F)C(C2=CN=C3C(=N)N=CNC23)OC(CO)C1O. The van der Waals surface area contributed by atoms with Crippen molar-refractivity contribution in [3.63, 3.8) is 0 Å². The molecule has 8 heteroatoms. The summed E-state index contributed by atoms with van der Waals surface area (Å²) in [6, 6.07) is -0.482. The summed E-state index contributed by atoms with van der Waals surface area (Å²) in [6.45, 7) is 0.770. The highest BCUT2D eigenvalue weighted by Crippen LogP contribution is 2.40. The van der Waals surface area contributed by atoms with Crippen molar-refractivity contribution in [2.75, 3.05) is 6.61 Å². The van der Waals surface area contributed by atoms with Crippen LogP contribution >= 0.6 is 0 Å². The van der Waals surface area contributed by atoms with Crippen LogP contribution in [0.1, 0.15) is 6.92 Å². The fourth-order valence-corrected chi connectivity index (χ4v) is 2.73. The van der Waals surface area contributed by atoms with Gasteiger partial charge >= 0.3 is 0 Å². The number of hydrogen-bond acceptors (Lipinski definition) is 6. The number of ether oxygens (including phenoxy) is 1. The smallest absolute Gasteiger partial charge is 0.170 e. The predicted octanol–water partition coefficient (Wildman–Crippen LogP) is -0.849. The van der Waals surface area contributed by atoms with E-state index in [0.717, 1.165) is 0 Å². The van der Waals surface area contributed by atoms with E-state index in [1.807, 2.05) is 0 Å². The second-order valence-corrected chi connectivity index (χ2v) is 5.18. The lowest BCUT2D eigenvalue weighted by Crippen LogP contribution is -2.49. The summed E-state index contributed by atoms with van der Waals surface area (Å²) in [5.41, 5.74) is -1.16. The van der Waals surface area contributed by atoms with Gasteiger partial charge in [-0.25, -0.2) is 9.38 Å². The van der Waals surface area contributed by atoms with Crippen LogP contribution in [0, 0.1) is 5.41 Å². The Kier molecular flexibility index (Phi) is 2.96. The van der Waals surface area contributed by atoms with Gasteiger partial charge in [0.05, 0.1) is 19.0 Å². The lowest BCUT2D eigenvalue weighted by atomic mass is 9.87. The average molecular weight is 282 g/mol. The Bertz CT molecular complexity index is 543.